The van der Waals surface area contributed by atoms with Gasteiger partial charge in [-0.3, -0.25) is 0 Å². The number of halogens is 1. The van der Waals surface area contributed by atoms with Gasteiger partial charge in [0.1, 0.15) is 5.82 Å². The molecule has 0 saturated heterocycles. The molecule has 0 spiro atoms. The van der Waals surface area contributed by atoms with Gasteiger partial charge in [0.15, 0.2) is 0 Å². The molecule has 0 bridgehead atoms. The maximum Gasteiger partial charge on any atom is 0.123 e. The van der Waals surface area contributed by atoms with Crippen molar-refractivity contribution in [3.8, 4) is 0 Å². The highest BCUT2D eigenvalue weighted by atomic mass is 19.1. The van der Waals surface area contributed by atoms with Crippen LogP contribution in [-0.2, 0) is 5.41 Å². The number of benzene rings is 1. The summed E-state index contributed by atoms with van der Waals surface area (Å²) >= 11 is 0. The summed E-state index contributed by atoms with van der Waals surface area (Å²) in [4.78, 5) is 2.03. The van der Waals surface area contributed by atoms with Gasteiger partial charge in [0.25, 0.3) is 0 Å². The Labute approximate surface area is 103 Å². The highest BCUT2D eigenvalue weighted by Crippen LogP contribution is 2.57. The van der Waals surface area contributed by atoms with Crippen molar-refractivity contribution in [2.75, 3.05) is 19.0 Å². The molecule has 2 rings (SSSR count). The third-order valence-corrected chi connectivity index (χ3v) is 3.94. The highest BCUT2D eigenvalue weighted by molar-refractivity contribution is 5.59. The summed E-state index contributed by atoms with van der Waals surface area (Å²) < 4.78 is 13.5. The largest absolute Gasteiger partial charge is 0.377 e. The fraction of sp³-hybridized carbons (Fsp3) is 0.571. The molecule has 1 aromatic rings. The van der Waals surface area contributed by atoms with Gasteiger partial charge < -0.3 is 10.6 Å². The van der Waals surface area contributed by atoms with Crippen LogP contribution in [0.5, 0.6) is 0 Å². The minimum Gasteiger partial charge on any atom is -0.377 e. The van der Waals surface area contributed by atoms with Crippen molar-refractivity contribution in [1.29, 1.82) is 0 Å². The molecule has 0 atom stereocenters. The van der Waals surface area contributed by atoms with Crippen LogP contribution in [0.2, 0.25) is 0 Å². The monoisotopic (exact) mass is 236 g/mol. The maximum atomic E-state index is 13.5. The van der Waals surface area contributed by atoms with Crippen LogP contribution in [0.4, 0.5) is 10.1 Å². The lowest BCUT2D eigenvalue weighted by molar-refractivity contribution is 0.390. The number of rotatable bonds is 3. The first kappa shape index (κ1) is 12.4. The topological polar surface area (TPSA) is 29.3 Å². The first-order valence-electron chi connectivity index (χ1n) is 6.04. The zero-order chi connectivity index (χ0) is 12.8. The fourth-order valence-electron chi connectivity index (χ4n) is 2.67. The summed E-state index contributed by atoms with van der Waals surface area (Å²) in [6.07, 6.45) is 2.08. The zero-order valence-corrected chi connectivity index (χ0v) is 11.0. The Bertz CT molecular complexity index is 428. The van der Waals surface area contributed by atoms with Crippen molar-refractivity contribution in [2.45, 2.75) is 37.6 Å². The van der Waals surface area contributed by atoms with E-state index in [4.69, 9.17) is 5.73 Å². The minimum absolute atomic E-state index is 0.0608. The van der Waals surface area contributed by atoms with Gasteiger partial charge in [-0.1, -0.05) is 0 Å². The Kier molecular flexibility index (Phi) is 2.69. The predicted octanol–water partition coefficient (Wildman–Crippen LogP) is 2.66. The van der Waals surface area contributed by atoms with Crippen molar-refractivity contribution in [3.63, 3.8) is 0 Å². The highest BCUT2D eigenvalue weighted by Gasteiger charge is 2.54. The molecular formula is C14H21FN2. The molecule has 0 aromatic heterocycles. The van der Waals surface area contributed by atoms with E-state index < -0.39 is 0 Å². The van der Waals surface area contributed by atoms with Crippen molar-refractivity contribution >= 4 is 5.69 Å². The van der Waals surface area contributed by atoms with Gasteiger partial charge in [0.05, 0.1) is 0 Å². The second kappa shape index (κ2) is 3.70. The molecule has 3 heteroatoms. The van der Waals surface area contributed by atoms with Crippen molar-refractivity contribution in [1.82, 2.24) is 0 Å². The molecule has 94 valence electrons. The minimum atomic E-state index is -0.314. The number of nitrogens with two attached hydrogens (primary N) is 1. The van der Waals surface area contributed by atoms with Crippen LogP contribution in [0.3, 0.4) is 0 Å². The molecule has 0 amide bonds. The van der Waals surface area contributed by atoms with Gasteiger partial charge in [-0.25, -0.2) is 4.39 Å². The Morgan fingerprint density at radius 1 is 1.29 bits per heavy atom. The van der Waals surface area contributed by atoms with Crippen LogP contribution in [0.25, 0.3) is 0 Å². The van der Waals surface area contributed by atoms with E-state index in [2.05, 4.69) is 0 Å². The molecular weight excluding hydrogens is 215 g/mol. The summed E-state index contributed by atoms with van der Waals surface area (Å²) in [5.74, 6) is -0.180. The smallest absolute Gasteiger partial charge is 0.123 e. The average molecular weight is 236 g/mol. The molecule has 2 nitrogen and oxygen atoms in total. The number of anilines is 1. The second-order valence-electron chi connectivity index (χ2n) is 5.86. The molecule has 0 radical (unpaired) electrons. The van der Waals surface area contributed by atoms with Crippen LogP contribution in [0.15, 0.2) is 18.2 Å². The first-order chi connectivity index (χ1) is 7.78. The van der Waals surface area contributed by atoms with Crippen molar-refractivity contribution in [2.24, 2.45) is 5.73 Å². The van der Waals surface area contributed by atoms with E-state index in [1.807, 2.05) is 38.9 Å². The van der Waals surface area contributed by atoms with E-state index in [-0.39, 0.29) is 16.8 Å². The third kappa shape index (κ3) is 1.93. The molecule has 1 aliphatic carbocycles. The van der Waals surface area contributed by atoms with Gasteiger partial charge in [-0.15, -0.1) is 0 Å². The van der Waals surface area contributed by atoms with E-state index >= 15 is 0 Å². The molecule has 1 aliphatic rings. The number of nitrogens with zero attached hydrogens (tertiary/aromatic N) is 1. The van der Waals surface area contributed by atoms with Crippen LogP contribution in [-0.4, -0.2) is 19.6 Å². The summed E-state index contributed by atoms with van der Waals surface area (Å²) in [5, 5.41) is 0. The Morgan fingerprint density at radius 3 is 2.29 bits per heavy atom. The molecule has 0 heterocycles. The normalized spacial score (nSPS) is 18.0. The summed E-state index contributed by atoms with van der Waals surface area (Å²) in [5.41, 5.74) is 8.03. The molecule has 1 saturated carbocycles. The van der Waals surface area contributed by atoms with Crippen molar-refractivity contribution in [3.05, 3.63) is 29.6 Å². The lowest BCUT2D eigenvalue weighted by Gasteiger charge is -2.34. The van der Waals surface area contributed by atoms with E-state index in [1.54, 1.807) is 6.07 Å². The fourth-order valence-corrected chi connectivity index (χ4v) is 2.67. The quantitative estimate of drug-likeness (QED) is 0.874. The average Bonchev–Trinajstić information content (AvgIpc) is 2.96. The number of hydrogen-bond acceptors (Lipinski definition) is 2. The number of hydrogen-bond donors (Lipinski definition) is 1. The van der Waals surface area contributed by atoms with Crippen LogP contribution in [0, 0.1) is 5.82 Å². The van der Waals surface area contributed by atoms with Crippen LogP contribution < -0.4 is 10.6 Å². The van der Waals surface area contributed by atoms with Crippen molar-refractivity contribution < 1.29 is 4.39 Å². The van der Waals surface area contributed by atoms with E-state index in [0.717, 1.165) is 24.1 Å². The summed E-state index contributed by atoms with van der Waals surface area (Å²) in [6, 6.07) is 5.01. The third-order valence-electron chi connectivity index (χ3n) is 3.94. The van der Waals surface area contributed by atoms with Gasteiger partial charge in [-0.2, -0.15) is 0 Å². The van der Waals surface area contributed by atoms with Gasteiger partial charge in [-0.05, 0) is 50.5 Å². The molecule has 1 aromatic carbocycles. The maximum absolute atomic E-state index is 13.5. The summed E-state index contributed by atoms with van der Waals surface area (Å²) in [6.45, 7) is 4.06. The predicted molar refractivity (Wildman–Crippen MR) is 69.9 cm³/mol. The summed E-state index contributed by atoms with van der Waals surface area (Å²) in [7, 11) is 3.96. The van der Waals surface area contributed by atoms with Crippen LogP contribution in [0.1, 0.15) is 32.3 Å². The standard InChI is InChI=1S/C14H21FN2/c1-13(2,16)14(7-8-14)11-9-10(15)5-6-12(11)17(3)4/h5-6,9H,7-8,16H2,1-4H3. The van der Waals surface area contributed by atoms with E-state index in [1.165, 1.54) is 6.07 Å². The van der Waals surface area contributed by atoms with Gasteiger partial charge in [0, 0.05) is 30.7 Å². The SMILES string of the molecule is CN(C)c1ccc(F)cc1C1(C(C)(C)N)CC1. The van der Waals surface area contributed by atoms with Crippen LogP contribution >= 0.6 is 0 Å². The zero-order valence-electron chi connectivity index (χ0n) is 11.0. The lowest BCUT2D eigenvalue weighted by atomic mass is 9.78. The molecule has 1 fully saturated rings. The van der Waals surface area contributed by atoms with Gasteiger partial charge >= 0.3 is 0 Å². The second-order valence-corrected chi connectivity index (χ2v) is 5.86. The Morgan fingerprint density at radius 2 is 1.88 bits per heavy atom. The molecule has 0 aliphatic heterocycles. The first-order valence-corrected chi connectivity index (χ1v) is 6.04. The van der Waals surface area contributed by atoms with Gasteiger partial charge in [0.2, 0.25) is 0 Å². The molecule has 2 N–H and O–H groups in total. The lowest BCUT2D eigenvalue weighted by Crippen LogP contribution is -2.45. The molecule has 17 heavy (non-hydrogen) atoms. The molecule has 0 unspecified atom stereocenters. The Balaban J connectivity index is 2.55. The Hall–Kier alpha value is -1.09. The van der Waals surface area contributed by atoms with E-state index in [0.29, 0.717) is 0 Å². The van der Waals surface area contributed by atoms with E-state index in [9.17, 15) is 4.39 Å².